The first-order chi connectivity index (χ1) is 12.4. The topological polar surface area (TPSA) is 69.4 Å². The van der Waals surface area contributed by atoms with Crippen LogP contribution in [-0.4, -0.2) is 29.8 Å². The average molecular weight is 337 g/mol. The fourth-order valence-corrected chi connectivity index (χ4v) is 2.64. The second kappa shape index (κ2) is 7.46. The Morgan fingerprint density at radius 3 is 2.68 bits per heavy atom. The number of benzene rings is 2. The highest BCUT2D eigenvalue weighted by Crippen LogP contribution is 2.22. The molecule has 1 atom stereocenters. The van der Waals surface area contributed by atoms with Gasteiger partial charge in [0.05, 0.1) is 6.61 Å². The first-order valence-electron chi connectivity index (χ1n) is 8.31. The zero-order valence-electron chi connectivity index (χ0n) is 13.7. The SMILES string of the molecule is c1ccc(OCc2ccc(-c3noc([C@H]4CNCCO4)n3)cc2)cc1. The average Bonchev–Trinajstić information content (AvgIpc) is 3.19. The quantitative estimate of drug-likeness (QED) is 0.772. The lowest BCUT2D eigenvalue weighted by molar-refractivity contribution is 0.00755. The van der Waals surface area contributed by atoms with Gasteiger partial charge in [-0.3, -0.25) is 0 Å². The fraction of sp³-hybridized carbons (Fsp3) is 0.263. The van der Waals surface area contributed by atoms with E-state index in [4.69, 9.17) is 14.0 Å². The van der Waals surface area contributed by atoms with E-state index in [9.17, 15) is 0 Å². The highest BCUT2D eigenvalue weighted by molar-refractivity contribution is 5.54. The maximum atomic E-state index is 5.75. The number of nitrogens with one attached hydrogen (secondary N) is 1. The molecule has 4 rings (SSSR count). The Hall–Kier alpha value is -2.70. The van der Waals surface area contributed by atoms with Crippen molar-refractivity contribution in [3.8, 4) is 17.1 Å². The molecule has 0 bridgehead atoms. The van der Waals surface area contributed by atoms with E-state index >= 15 is 0 Å². The minimum Gasteiger partial charge on any atom is -0.489 e. The summed E-state index contributed by atoms with van der Waals surface area (Å²) in [6.45, 7) is 2.71. The lowest BCUT2D eigenvalue weighted by atomic mass is 10.1. The van der Waals surface area contributed by atoms with Gasteiger partial charge in [0, 0.05) is 18.7 Å². The third kappa shape index (κ3) is 3.87. The summed E-state index contributed by atoms with van der Waals surface area (Å²) in [6, 6.07) is 17.7. The van der Waals surface area contributed by atoms with Crippen molar-refractivity contribution in [2.24, 2.45) is 0 Å². The molecule has 2 aromatic carbocycles. The number of rotatable bonds is 5. The van der Waals surface area contributed by atoms with E-state index in [0.717, 1.165) is 23.4 Å². The zero-order chi connectivity index (χ0) is 16.9. The molecule has 0 amide bonds. The van der Waals surface area contributed by atoms with Crippen LogP contribution in [-0.2, 0) is 11.3 Å². The Morgan fingerprint density at radius 1 is 1.08 bits per heavy atom. The van der Waals surface area contributed by atoms with Crippen molar-refractivity contribution < 1.29 is 14.0 Å². The minimum atomic E-state index is -0.173. The van der Waals surface area contributed by atoms with Crippen LogP contribution in [0.3, 0.4) is 0 Å². The molecule has 128 valence electrons. The molecule has 1 N–H and O–H groups in total. The molecular weight excluding hydrogens is 318 g/mol. The van der Waals surface area contributed by atoms with E-state index in [1.807, 2.05) is 54.6 Å². The molecule has 0 radical (unpaired) electrons. The van der Waals surface area contributed by atoms with Crippen LogP contribution in [0.5, 0.6) is 5.75 Å². The van der Waals surface area contributed by atoms with Crippen LogP contribution in [0.15, 0.2) is 59.1 Å². The van der Waals surface area contributed by atoms with Crippen molar-refractivity contribution in [2.45, 2.75) is 12.7 Å². The van der Waals surface area contributed by atoms with Crippen molar-refractivity contribution in [3.63, 3.8) is 0 Å². The number of para-hydroxylation sites is 1. The van der Waals surface area contributed by atoms with E-state index in [1.54, 1.807) is 0 Å². The third-order valence-corrected chi connectivity index (χ3v) is 4.01. The lowest BCUT2D eigenvalue weighted by Crippen LogP contribution is -2.33. The second-order valence-corrected chi connectivity index (χ2v) is 5.82. The van der Waals surface area contributed by atoms with Crippen LogP contribution in [0.1, 0.15) is 17.6 Å². The molecule has 25 heavy (non-hydrogen) atoms. The van der Waals surface area contributed by atoms with Crippen LogP contribution < -0.4 is 10.1 Å². The monoisotopic (exact) mass is 337 g/mol. The van der Waals surface area contributed by atoms with Crippen molar-refractivity contribution >= 4 is 0 Å². The summed E-state index contributed by atoms with van der Waals surface area (Å²) in [5.41, 5.74) is 1.98. The largest absolute Gasteiger partial charge is 0.489 e. The number of hydrogen-bond donors (Lipinski definition) is 1. The van der Waals surface area contributed by atoms with Crippen LogP contribution in [0.2, 0.25) is 0 Å². The molecule has 0 unspecified atom stereocenters. The van der Waals surface area contributed by atoms with Crippen molar-refractivity contribution in [3.05, 3.63) is 66.1 Å². The second-order valence-electron chi connectivity index (χ2n) is 5.82. The fourth-order valence-electron chi connectivity index (χ4n) is 2.64. The number of morpholine rings is 1. The van der Waals surface area contributed by atoms with Gasteiger partial charge in [0.1, 0.15) is 18.5 Å². The molecule has 1 aliphatic heterocycles. The van der Waals surface area contributed by atoms with Crippen molar-refractivity contribution in [1.82, 2.24) is 15.5 Å². The molecule has 3 aromatic rings. The Bertz CT molecular complexity index is 796. The van der Waals surface area contributed by atoms with Crippen LogP contribution in [0.25, 0.3) is 11.4 Å². The summed E-state index contributed by atoms with van der Waals surface area (Å²) in [7, 11) is 0. The van der Waals surface area contributed by atoms with Gasteiger partial charge in [0.25, 0.3) is 5.89 Å². The number of ether oxygens (including phenoxy) is 2. The predicted molar refractivity (Wildman–Crippen MR) is 92.1 cm³/mol. The van der Waals surface area contributed by atoms with Crippen LogP contribution in [0, 0.1) is 0 Å². The zero-order valence-corrected chi connectivity index (χ0v) is 13.7. The summed E-state index contributed by atoms with van der Waals surface area (Å²) in [6.07, 6.45) is -0.173. The molecule has 0 saturated carbocycles. The Morgan fingerprint density at radius 2 is 1.92 bits per heavy atom. The summed E-state index contributed by atoms with van der Waals surface area (Å²) >= 11 is 0. The maximum absolute atomic E-state index is 5.75. The van der Waals surface area contributed by atoms with Gasteiger partial charge in [-0.25, -0.2) is 0 Å². The van der Waals surface area contributed by atoms with Gasteiger partial charge in [-0.15, -0.1) is 0 Å². The molecule has 6 nitrogen and oxygen atoms in total. The molecule has 1 saturated heterocycles. The van der Waals surface area contributed by atoms with Crippen LogP contribution in [0.4, 0.5) is 0 Å². The number of nitrogens with zero attached hydrogens (tertiary/aromatic N) is 2. The molecule has 1 aliphatic rings. The normalized spacial score (nSPS) is 17.4. The highest BCUT2D eigenvalue weighted by atomic mass is 16.5. The molecule has 1 fully saturated rings. The number of aromatic nitrogens is 2. The first-order valence-corrected chi connectivity index (χ1v) is 8.31. The van der Waals surface area contributed by atoms with Gasteiger partial charge >= 0.3 is 0 Å². The molecule has 0 spiro atoms. The third-order valence-electron chi connectivity index (χ3n) is 4.01. The van der Waals surface area contributed by atoms with Gasteiger partial charge in [-0.2, -0.15) is 4.98 Å². The Labute approximate surface area is 145 Å². The van der Waals surface area contributed by atoms with Gasteiger partial charge in [0.15, 0.2) is 0 Å². The van der Waals surface area contributed by atoms with E-state index in [0.29, 0.717) is 31.5 Å². The summed E-state index contributed by atoms with van der Waals surface area (Å²) < 4.78 is 16.7. The smallest absolute Gasteiger partial charge is 0.257 e. The minimum absolute atomic E-state index is 0.173. The van der Waals surface area contributed by atoms with Gasteiger partial charge in [-0.1, -0.05) is 47.6 Å². The molecular formula is C19H19N3O3. The first kappa shape index (κ1) is 15.8. The van der Waals surface area contributed by atoms with Crippen LogP contribution >= 0.6 is 0 Å². The molecule has 0 aliphatic carbocycles. The highest BCUT2D eigenvalue weighted by Gasteiger charge is 2.22. The summed E-state index contributed by atoms with van der Waals surface area (Å²) in [4.78, 5) is 4.45. The summed E-state index contributed by atoms with van der Waals surface area (Å²) in [5.74, 6) is 1.94. The Kier molecular flexibility index (Phi) is 4.72. The summed E-state index contributed by atoms with van der Waals surface area (Å²) in [5, 5.41) is 7.31. The molecule has 2 heterocycles. The Balaban J connectivity index is 1.40. The van der Waals surface area contributed by atoms with Crippen molar-refractivity contribution in [1.29, 1.82) is 0 Å². The predicted octanol–water partition coefficient (Wildman–Crippen LogP) is 2.98. The van der Waals surface area contributed by atoms with E-state index < -0.39 is 0 Å². The van der Waals surface area contributed by atoms with Crippen molar-refractivity contribution in [2.75, 3.05) is 19.7 Å². The van der Waals surface area contributed by atoms with E-state index in [-0.39, 0.29) is 6.10 Å². The van der Waals surface area contributed by atoms with Gasteiger partial charge in [0.2, 0.25) is 5.82 Å². The molecule has 6 heteroatoms. The standard InChI is InChI=1S/C19H19N3O3/c1-2-4-16(5-3-1)24-13-14-6-8-15(9-7-14)18-21-19(25-22-18)17-12-20-10-11-23-17/h1-9,17,20H,10-13H2/t17-/m1/s1. The number of hydrogen-bond acceptors (Lipinski definition) is 6. The lowest BCUT2D eigenvalue weighted by Gasteiger charge is -2.19. The molecule has 1 aromatic heterocycles. The maximum Gasteiger partial charge on any atom is 0.257 e. The van der Waals surface area contributed by atoms with Gasteiger partial charge < -0.3 is 19.3 Å². The van der Waals surface area contributed by atoms with E-state index in [2.05, 4.69) is 15.5 Å². The van der Waals surface area contributed by atoms with Gasteiger partial charge in [-0.05, 0) is 17.7 Å². The van der Waals surface area contributed by atoms with E-state index in [1.165, 1.54) is 0 Å².